The van der Waals surface area contributed by atoms with Crippen molar-refractivity contribution in [3.63, 3.8) is 0 Å². The van der Waals surface area contributed by atoms with Crippen molar-refractivity contribution in [3.8, 4) is 28.4 Å². The highest BCUT2D eigenvalue weighted by molar-refractivity contribution is 7.07. The molecule has 0 amide bonds. The topological polar surface area (TPSA) is 140 Å². The molecule has 5 aromatic rings. The van der Waals surface area contributed by atoms with Gasteiger partial charge >= 0.3 is 11.7 Å². The lowest BCUT2D eigenvalue weighted by atomic mass is 9.96. The van der Waals surface area contributed by atoms with Gasteiger partial charge in [0.25, 0.3) is 5.56 Å². The third-order valence-corrected chi connectivity index (χ3v) is 8.70. The van der Waals surface area contributed by atoms with Gasteiger partial charge < -0.3 is 14.2 Å². The zero-order valence-electron chi connectivity index (χ0n) is 26.7. The molecule has 244 valence electrons. The number of esters is 1. The van der Waals surface area contributed by atoms with Crippen molar-refractivity contribution < 1.29 is 23.9 Å². The van der Waals surface area contributed by atoms with Crippen LogP contribution in [-0.2, 0) is 9.53 Å². The molecule has 3 heterocycles. The van der Waals surface area contributed by atoms with Crippen LogP contribution in [0.2, 0.25) is 0 Å². The molecule has 0 aliphatic carbocycles. The van der Waals surface area contributed by atoms with Crippen LogP contribution in [0, 0.1) is 10.1 Å². The maximum Gasteiger partial charge on any atom is 0.338 e. The number of fused-ring (bicyclic) bond motifs is 1. The second kappa shape index (κ2) is 13.1. The molecule has 3 aromatic carbocycles. The first-order chi connectivity index (χ1) is 23.1. The van der Waals surface area contributed by atoms with Crippen LogP contribution >= 0.6 is 11.3 Å². The molecule has 2 aromatic heterocycles. The quantitative estimate of drug-likeness (QED) is 0.122. The lowest BCUT2D eigenvalue weighted by Gasteiger charge is -2.25. The summed E-state index contributed by atoms with van der Waals surface area (Å²) in [5, 5.41) is 16.6. The average Bonchev–Trinajstić information content (AvgIpc) is 3.64. The summed E-state index contributed by atoms with van der Waals surface area (Å²) in [6.45, 7) is 5.25. The molecule has 0 fully saturated rings. The smallest absolute Gasteiger partial charge is 0.338 e. The number of hydrogen-bond donors (Lipinski definition) is 0. The van der Waals surface area contributed by atoms with Crippen LogP contribution < -0.4 is 24.4 Å². The molecule has 12 nitrogen and oxygen atoms in total. The predicted octanol–water partition coefficient (Wildman–Crippen LogP) is 4.96. The molecule has 1 aliphatic heterocycles. The zero-order chi connectivity index (χ0) is 34.1. The number of para-hydroxylation sites is 1. The Morgan fingerprint density at radius 3 is 2.42 bits per heavy atom. The summed E-state index contributed by atoms with van der Waals surface area (Å²) < 4.78 is 19.6. The molecule has 13 heteroatoms. The van der Waals surface area contributed by atoms with Gasteiger partial charge in [-0.15, -0.1) is 0 Å². The molecule has 0 bridgehead atoms. The Morgan fingerprint density at radius 2 is 1.77 bits per heavy atom. The largest absolute Gasteiger partial charge is 0.497 e. The lowest BCUT2D eigenvalue weighted by Crippen LogP contribution is -2.40. The highest BCUT2D eigenvalue weighted by Crippen LogP contribution is 2.34. The van der Waals surface area contributed by atoms with Crippen LogP contribution in [0.15, 0.2) is 100 Å². The van der Waals surface area contributed by atoms with E-state index in [0.29, 0.717) is 43.2 Å². The van der Waals surface area contributed by atoms with Gasteiger partial charge in [0, 0.05) is 23.4 Å². The van der Waals surface area contributed by atoms with Crippen molar-refractivity contribution in [2.75, 3.05) is 14.2 Å². The third kappa shape index (κ3) is 6.02. The number of benzene rings is 3. The molecule has 6 rings (SSSR count). The van der Waals surface area contributed by atoms with Gasteiger partial charge in [-0.2, -0.15) is 5.10 Å². The van der Waals surface area contributed by atoms with Crippen molar-refractivity contribution >= 4 is 29.1 Å². The van der Waals surface area contributed by atoms with Crippen molar-refractivity contribution in [1.29, 1.82) is 0 Å². The summed E-state index contributed by atoms with van der Waals surface area (Å²) in [4.78, 5) is 44.2. The van der Waals surface area contributed by atoms with E-state index in [9.17, 15) is 19.7 Å². The number of nitrogens with zero attached hydrogens (tertiary/aromatic N) is 5. The van der Waals surface area contributed by atoms with Gasteiger partial charge in [0.1, 0.15) is 11.4 Å². The minimum absolute atomic E-state index is 0.113. The van der Waals surface area contributed by atoms with E-state index in [-0.39, 0.29) is 28.7 Å². The Hall–Kier alpha value is -5.82. The number of nitro benzene ring substituents is 1. The number of nitro groups is 1. The molecule has 0 saturated heterocycles. The Balaban J connectivity index is 1.56. The van der Waals surface area contributed by atoms with E-state index >= 15 is 0 Å². The minimum Gasteiger partial charge on any atom is -0.497 e. The Morgan fingerprint density at radius 1 is 1.04 bits per heavy atom. The predicted molar refractivity (Wildman–Crippen MR) is 180 cm³/mol. The van der Waals surface area contributed by atoms with Crippen molar-refractivity contribution in [1.82, 2.24) is 14.3 Å². The maximum absolute atomic E-state index is 14.3. The summed E-state index contributed by atoms with van der Waals surface area (Å²) in [6, 6.07) is 20.3. The number of hydrogen-bond acceptors (Lipinski definition) is 10. The Bertz CT molecular complexity index is 2250. The monoisotopic (exact) mass is 665 g/mol. The third-order valence-electron chi connectivity index (χ3n) is 7.71. The summed E-state index contributed by atoms with van der Waals surface area (Å²) in [5.74, 6) is 0.176. The standard InChI is InChI=1S/C35H31N5O7S/c1-20(2)47-34(42)30-21(3)36-35-39(32(30)22-11-14-26(45-4)15-12-22)33(41)29(48-35)18-24-19-38(25-9-7-6-8-10-25)37-31(24)23-13-16-28(46-5)27(17-23)40(43)44/h6-20,32H,1-5H3. The normalized spacial score (nSPS) is 14.5. The van der Waals surface area contributed by atoms with E-state index in [2.05, 4.69) is 4.99 Å². The number of carbonyl (C=O) groups is 1. The summed E-state index contributed by atoms with van der Waals surface area (Å²) >= 11 is 1.17. The number of rotatable bonds is 9. The van der Waals surface area contributed by atoms with E-state index in [1.807, 2.05) is 30.3 Å². The number of thiazole rings is 1. The van der Waals surface area contributed by atoms with Gasteiger partial charge in [0.2, 0.25) is 0 Å². The molecular weight excluding hydrogens is 634 g/mol. The molecule has 0 saturated carbocycles. The number of ether oxygens (including phenoxy) is 3. The average molecular weight is 666 g/mol. The van der Waals surface area contributed by atoms with Crippen molar-refractivity contribution in [2.24, 2.45) is 4.99 Å². The van der Waals surface area contributed by atoms with Gasteiger partial charge in [0.15, 0.2) is 10.6 Å². The maximum atomic E-state index is 14.3. The van der Waals surface area contributed by atoms with Crippen LogP contribution in [0.3, 0.4) is 0 Å². The van der Waals surface area contributed by atoms with Gasteiger partial charge in [0.05, 0.1) is 52.8 Å². The number of aromatic nitrogens is 3. The van der Waals surface area contributed by atoms with E-state index in [1.165, 1.54) is 35.1 Å². The summed E-state index contributed by atoms with van der Waals surface area (Å²) in [5.41, 5.74) is 2.96. The minimum atomic E-state index is -0.809. The van der Waals surface area contributed by atoms with Gasteiger partial charge in [-0.1, -0.05) is 41.7 Å². The highest BCUT2D eigenvalue weighted by atomic mass is 32.1. The molecule has 0 spiro atoms. The Kier molecular flexibility index (Phi) is 8.78. The molecule has 1 aliphatic rings. The van der Waals surface area contributed by atoms with Crippen LogP contribution in [0.4, 0.5) is 5.69 Å². The first-order valence-corrected chi connectivity index (χ1v) is 15.8. The lowest BCUT2D eigenvalue weighted by molar-refractivity contribution is -0.385. The summed E-state index contributed by atoms with van der Waals surface area (Å²) in [6.07, 6.45) is 3.07. The van der Waals surface area contributed by atoms with Crippen molar-refractivity contribution in [3.05, 3.63) is 131 Å². The number of methoxy groups -OCH3 is 2. The molecule has 0 N–H and O–H groups in total. The molecule has 1 unspecified atom stereocenters. The van der Waals surface area contributed by atoms with Crippen LogP contribution in [0.1, 0.15) is 37.9 Å². The van der Waals surface area contributed by atoms with Crippen LogP contribution in [0.5, 0.6) is 11.5 Å². The first kappa shape index (κ1) is 32.1. The molecule has 1 atom stereocenters. The van der Waals surface area contributed by atoms with E-state index in [1.54, 1.807) is 75.2 Å². The number of carbonyl (C=O) groups excluding carboxylic acids is 1. The SMILES string of the molecule is COc1ccc(C2C(C(=O)OC(C)C)=C(C)N=c3sc(=Cc4cn(-c5ccccc5)nc4-c4ccc(OC)c([N+](=O)[O-])c4)c(=O)n32)cc1. The fourth-order valence-corrected chi connectivity index (χ4v) is 6.55. The summed E-state index contributed by atoms with van der Waals surface area (Å²) in [7, 11) is 2.93. The first-order valence-electron chi connectivity index (χ1n) is 14.9. The highest BCUT2D eigenvalue weighted by Gasteiger charge is 2.34. The fourth-order valence-electron chi connectivity index (χ4n) is 5.51. The van der Waals surface area contributed by atoms with Crippen molar-refractivity contribution in [2.45, 2.75) is 32.9 Å². The van der Waals surface area contributed by atoms with Crippen LogP contribution in [-0.4, -0.2) is 45.6 Å². The van der Waals surface area contributed by atoms with Gasteiger partial charge in [-0.05, 0) is 68.8 Å². The van der Waals surface area contributed by atoms with E-state index in [4.69, 9.17) is 19.3 Å². The van der Waals surface area contributed by atoms with E-state index < -0.39 is 16.9 Å². The fraction of sp³-hybridized carbons (Fsp3) is 0.200. The second-order valence-electron chi connectivity index (χ2n) is 11.2. The second-order valence-corrected chi connectivity index (χ2v) is 12.2. The molecule has 48 heavy (non-hydrogen) atoms. The van der Waals surface area contributed by atoms with Gasteiger partial charge in [-0.25, -0.2) is 14.5 Å². The van der Waals surface area contributed by atoms with Crippen LogP contribution in [0.25, 0.3) is 23.0 Å². The Labute approximate surface area is 278 Å². The molecular formula is C35H31N5O7S. The van der Waals surface area contributed by atoms with Gasteiger partial charge in [-0.3, -0.25) is 19.5 Å². The number of allylic oxidation sites excluding steroid dienone is 1. The van der Waals surface area contributed by atoms with E-state index in [0.717, 1.165) is 5.69 Å². The zero-order valence-corrected chi connectivity index (χ0v) is 27.6. The molecule has 0 radical (unpaired) electrons.